The van der Waals surface area contributed by atoms with Gasteiger partial charge in [-0.3, -0.25) is 0 Å². The Morgan fingerprint density at radius 1 is 1.38 bits per heavy atom. The maximum atomic E-state index is 5.65. The van der Waals surface area contributed by atoms with E-state index in [0.717, 1.165) is 42.3 Å². The van der Waals surface area contributed by atoms with Gasteiger partial charge in [0.25, 0.3) is 0 Å². The number of rotatable bonds is 6. The van der Waals surface area contributed by atoms with Crippen LogP contribution in [0.4, 0.5) is 0 Å². The van der Waals surface area contributed by atoms with E-state index >= 15 is 0 Å². The normalized spacial score (nSPS) is 16.8. The first-order valence-corrected chi connectivity index (χ1v) is 8.24. The zero-order valence-electron chi connectivity index (χ0n) is 14.8. The molecular weight excluding hydrogens is 326 g/mol. The number of nitrogens with one attached hydrogen (secondary N) is 1. The zero-order valence-corrected chi connectivity index (χ0v) is 15.6. The topological polar surface area (TPSA) is 60.2 Å². The number of aryl methyl sites for hydroxylation is 1. The van der Waals surface area contributed by atoms with E-state index in [-0.39, 0.29) is 17.8 Å². The molecule has 0 aliphatic heterocycles. The predicted molar refractivity (Wildman–Crippen MR) is 96.1 cm³/mol. The largest absolute Gasteiger partial charge is 0.496 e. The van der Waals surface area contributed by atoms with Crippen LogP contribution in [0.3, 0.4) is 0 Å². The summed E-state index contributed by atoms with van der Waals surface area (Å²) in [5.41, 5.74) is 2.21. The molecule has 0 saturated heterocycles. The molecule has 6 heteroatoms. The molecule has 0 bridgehead atoms. The molecule has 1 atom stereocenters. The number of aromatic nitrogens is 2. The second-order valence-corrected chi connectivity index (χ2v) is 6.53. The first-order chi connectivity index (χ1) is 11.1. The van der Waals surface area contributed by atoms with Gasteiger partial charge in [-0.1, -0.05) is 23.7 Å². The fraction of sp³-hybridized carbons (Fsp3) is 0.556. The molecular formula is C18H26ClN3O2. The third-order valence-corrected chi connectivity index (χ3v) is 5.03. The Kier molecular flexibility index (Phi) is 5.88. The van der Waals surface area contributed by atoms with E-state index in [2.05, 4.69) is 47.5 Å². The third kappa shape index (κ3) is 3.28. The Morgan fingerprint density at radius 3 is 2.71 bits per heavy atom. The molecule has 5 nitrogen and oxygen atoms in total. The number of ether oxygens (including phenoxy) is 1. The molecule has 0 spiro atoms. The first kappa shape index (κ1) is 18.7. The van der Waals surface area contributed by atoms with Gasteiger partial charge in [-0.25, -0.2) is 0 Å². The molecule has 1 aromatic heterocycles. The molecule has 1 N–H and O–H groups in total. The number of hydrogen-bond donors (Lipinski definition) is 1. The average molecular weight is 352 g/mol. The van der Waals surface area contributed by atoms with Gasteiger partial charge >= 0.3 is 0 Å². The second kappa shape index (κ2) is 7.53. The van der Waals surface area contributed by atoms with Crippen molar-refractivity contribution in [1.29, 1.82) is 0 Å². The van der Waals surface area contributed by atoms with E-state index < -0.39 is 0 Å². The highest BCUT2D eigenvalue weighted by Crippen LogP contribution is 2.49. The minimum atomic E-state index is -0.144. The molecule has 3 rings (SSSR count). The molecule has 1 heterocycles. The van der Waals surface area contributed by atoms with Gasteiger partial charge in [0, 0.05) is 12.5 Å². The summed E-state index contributed by atoms with van der Waals surface area (Å²) in [5.74, 6) is 2.43. The van der Waals surface area contributed by atoms with Crippen LogP contribution >= 0.6 is 12.4 Å². The van der Waals surface area contributed by atoms with Crippen LogP contribution in [0.1, 0.15) is 49.0 Å². The minimum absolute atomic E-state index is 0. The standard InChI is InChI=1S/C18H25N3O2.ClH/c1-12-6-7-14(11-15(12)22-4)18(8-5-9-18)17-20-16(21-23-17)10-13(2)19-3;/h6-7,11,13,19H,5,8-10H2,1-4H3;1H. The molecule has 1 unspecified atom stereocenters. The van der Waals surface area contributed by atoms with E-state index in [1.807, 2.05) is 7.05 Å². The number of hydrogen-bond acceptors (Lipinski definition) is 5. The number of nitrogens with zero attached hydrogens (tertiary/aromatic N) is 2. The molecule has 1 saturated carbocycles. The molecule has 0 radical (unpaired) electrons. The quantitative estimate of drug-likeness (QED) is 0.864. The summed E-state index contributed by atoms with van der Waals surface area (Å²) >= 11 is 0. The summed E-state index contributed by atoms with van der Waals surface area (Å²) < 4.78 is 11.1. The average Bonchev–Trinajstić information content (AvgIpc) is 2.96. The number of halogens is 1. The first-order valence-electron chi connectivity index (χ1n) is 8.24. The van der Waals surface area contributed by atoms with E-state index in [9.17, 15) is 0 Å². The second-order valence-electron chi connectivity index (χ2n) is 6.53. The van der Waals surface area contributed by atoms with Gasteiger partial charge in [-0.2, -0.15) is 4.98 Å². The van der Waals surface area contributed by atoms with E-state index in [4.69, 9.17) is 9.26 Å². The van der Waals surface area contributed by atoms with Gasteiger partial charge in [0.15, 0.2) is 5.82 Å². The number of methoxy groups -OCH3 is 1. The lowest BCUT2D eigenvalue weighted by Gasteiger charge is -2.39. The van der Waals surface area contributed by atoms with Gasteiger partial charge in [-0.05, 0) is 50.9 Å². The monoisotopic (exact) mass is 351 g/mol. The molecule has 132 valence electrons. The van der Waals surface area contributed by atoms with Crippen molar-refractivity contribution < 1.29 is 9.26 Å². The number of benzene rings is 1. The van der Waals surface area contributed by atoms with Crippen molar-refractivity contribution in [1.82, 2.24) is 15.5 Å². The van der Waals surface area contributed by atoms with Crippen molar-refractivity contribution >= 4 is 12.4 Å². The van der Waals surface area contributed by atoms with Gasteiger partial charge in [0.2, 0.25) is 5.89 Å². The van der Waals surface area contributed by atoms with Crippen LogP contribution < -0.4 is 10.1 Å². The van der Waals surface area contributed by atoms with E-state index in [1.54, 1.807) is 7.11 Å². The summed E-state index contributed by atoms with van der Waals surface area (Å²) in [6, 6.07) is 6.72. The Bertz CT molecular complexity index is 683. The van der Waals surface area contributed by atoms with Crippen LogP contribution in [-0.2, 0) is 11.8 Å². The molecule has 2 aromatic rings. The van der Waals surface area contributed by atoms with Crippen LogP contribution in [0, 0.1) is 6.92 Å². The Hall–Kier alpha value is -1.59. The highest BCUT2D eigenvalue weighted by molar-refractivity contribution is 5.85. The molecule has 24 heavy (non-hydrogen) atoms. The van der Waals surface area contributed by atoms with Crippen molar-refractivity contribution in [3.05, 3.63) is 41.0 Å². The maximum absolute atomic E-state index is 5.65. The van der Waals surface area contributed by atoms with Gasteiger partial charge in [-0.15, -0.1) is 12.4 Å². The van der Waals surface area contributed by atoms with Crippen LogP contribution in [0.15, 0.2) is 22.7 Å². The lowest BCUT2D eigenvalue weighted by atomic mass is 9.64. The summed E-state index contributed by atoms with van der Waals surface area (Å²) in [6.45, 7) is 4.17. The molecule has 1 aliphatic rings. The van der Waals surface area contributed by atoms with Gasteiger partial charge < -0.3 is 14.6 Å². The van der Waals surface area contributed by atoms with Crippen molar-refractivity contribution in [2.75, 3.05) is 14.2 Å². The highest BCUT2D eigenvalue weighted by Gasteiger charge is 2.45. The molecule has 0 amide bonds. The summed E-state index contributed by atoms with van der Waals surface area (Å²) in [4.78, 5) is 4.69. The van der Waals surface area contributed by atoms with E-state index in [0.29, 0.717) is 6.04 Å². The van der Waals surface area contributed by atoms with Crippen molar-refractivity contribution in [3.8, 4) is 5.75 Å². The molecule has 1 aliphatic carbocycles. The maximum Gasteiger partial charge on any atom is 0.237 e. The van der Waals surface area contributed by atoms with Crippen molar-refractivity contribution in [2.24, 2.45) is 0 Å². The Morgan fingerprint density at radius 2 is 2.12 bits per heavy atom. The number of likely N-dealkylation sites (N-methyl/N-ethyl adjacent to an activating group) is 1. The van der Waals surface area contributed by atoms with Gasteiger partial charge in [0.1, 0.15) is 5.75 Å². The van der Waals surface area contributed by atoms with Crippen LogP contribution in [-0.4, -0.2) is 30.3 Å². The van der Waals surface area contributed by atoms with Crippen molar-refractivity contribution in [2.45, 2.75) is 51.0 Å². The SMILES string of the molecule is CNC(C)Cc1noc(C2(c3ccc(C)c(OC)c3)CCC2)n1.Cl. The zero-order chi connectivity index (χ0) is 16.4. The Balaban J connectivity index is 0.00000208. The fourth-order valence-corrected chi connectivity index (χ4v) is 3.18. The summed E-state index contributed by atoms with van der Waals surface area (Å²) in [7, 11) is 3.65. The fourth-order valence-electron chi connectivity index (χ4n) is 3.18. The summed E-state index contributed by atoms with van der Waals surface area (Å²) in [6.07, 6.45) is 4.04. The molecule has 1 aromatic carbocycles. The molecule has 1 fully saturated rings. The van der Waals surface area contributed by atoms with Crippen molar-refractivity contribution in [3.63, 3.8) is 0 Å². The lowest BCUT2D eigenvalue weighted by molar-refractivity contribution is 0.215. The van der Waals surface area contributed by atoms with Crippen LogP contribution in [0.5, 0.6) is 5.75 Å². The lowest BCUT2D eigenvalue weighted by Crippen LogP contribution is -2.36. The minimum Gasteiger partial charge on any atom is -0.496 e. The van der Waals surface area contributed by atoms with Gasteiger partial charge in [0.05, 0.1) is 12.5 Å². The van der Waals surface area contributed by atoms with E-state index in [1.165, 1.54) is 12.0 Å². The predicted octanol–water partition coefficient (Wildman–Crippen LogP) is 3.43. The summed E-state index contributed by atoms with van der Waals surface area (Å²) in [5, 5.41) is 7.38. The third-order valence-electron chi connectivity index (χ3n) is 5.03. The van der Waals surface area contributed by atoms with Crippen LogP contribution in [0.25, 0.3) is 0 Å². The highest BCUT2D eigenvalue weighted by atomic mass is 35.5. The smallest absolute Gasteiger partial charge is 0.237 e. The Labute approximate surface area is 149 Å². The van der Waals surface area contributed by atoms with Crippen LogP contribution in [0.2, 0.25) is 0 Å².